The summed E-state index contributed by atoms with van der Waals surface area (Å²) in [5.74, 6) is 1.85. The van der Waals surface area contributed by atoms with Crippen LogP contribution in [0.3, 0.4) is 0 Å². The Morgan fingerprint density at radius 1 is 1.17 bits per heavy atom. The van der Waals surface area contributed by atoms with Gasteiger partial charge in [-0.2, -0.15) is 0 Å². The number of nitrogens with zero attached hydrogens (tertiary/aromatic N) is 4. The van der Waals surface area contributed by atoms with Crippen LogP contribution in [0.1, 0.15) is 30.9 Å². The third kappa shape index (κ3) is 5.56. The van der Waals surface area contributed by atoms with Gasteiger partial charge in [-0.3, -0.25) is 0 Å². The van der Waals surface area contributed by atoms with E-state index in [0.717, 1.165) is 35.0 Å². The van der Waals surface area contributed by atoms with Gasteiger partial charge in [-0.15, -0.1) is 0 Å². The summed E-state index contributed by atoms with van der Waals surface area (Å²) in [6.07, 6.45) is 2.06. The van der Waals surface area contributed by atoms with Gasteiger partial charge < -0.3 is 14.8 Å². The SMILES string of the molecule is CCCCn1nnnc1NCc1c(Br)ccc(OC)c1OCc1ccc(Cl)c(Cl)c1. The van der Waals surface area contributed by atoms with E-state index in [2.05, 4.69) is 43.7 Å². The lowest BCUT2D eigenvalue weighted by atomic mass is 10.1. The van der Waals surface area contributed by atoms with Gasteiger partial charge in [-0.1, -0.05) is 63.6 Å². The number of unbranched alkanes of at least 4 members (excludes halogenated alkanes) is 1. The molecule has 0 spiro atoms. The maximum absolute atomic E-state index is 6.13. The maximum Gasteiger partial charge on any atom is 0.243 e. The Labute approximate surface area is 193 Å². The fourth-order valence-corrected chi connectivity index (χ4v) is 3.58. The highest BCUT2D eigenvalue weighted by atomic mass is 79.9. The maximum atomic E-state index is 6.13. The van der Waals surface area contributed by atoms with Crippen LogP contribution >= 0.6 is 39.1 Å². The molecule has 0 aliphatic heterocycles. The average Bonchev–Trinajstić information content (AvgIpc) is 3.19. The van der Waals surface area contributed by atoms with Crippen molar-refractivity contribution in [2.75, 3.05) is 12.4 Å². The van der Waals surface area contributed by atoms with E-state index < -0.39 is 0 Å². The number of hydrogen-bond acceptors (Lipinski definition) is 6. The van der Waals surface area contributed by atoms with Gasteiger partial charge in [-0.25, -0.2) is 4.68 Å². The first-order chi connectivity index (χ1) is 14.5. The van der Waals surface area contributed by atoms with Gasteiger partial charge in [0.25, 0.3) is 0 Å². The van der Waals surface area contributed by atoms with E-state index in [9.17, 15) is 0 Å². The van der Waals surface area contributed by atoms with E-state index in [1.165, 1.54) is 0 Å². The highest BCUT2D eigenvalue weighted by Crippen LogP contribution is 2.37. The fourth-order valence-electron chi connectivity index (χ4n) is 2.81. The molecule has 160 valence electrons. The lowest BCUT2D eigenvalue weighted by molar-refractivity contribution is 0.281. The van der Waals surface area contributed by atoms with E-state index in [0.29, 0.717) is 40.6 Å². The summed E-state index contributed by atoms with van der Waals surface area (Å²) < 4.78 is 14.3. The van der Waals surface area contributed by atoms with Crippen molar-refractivity contribution in [3.05, 3.63) is 56.0 Å². The molecule has 3 rings (SSSR count). The van der Waals surface area contributed by atoms with Crippen molar-refractivity contribution in [1.82, 2.24) is 20.2 Å². The number of tetrazole rings is 1. The van der Waals surface area contributed by atoms with E-state index in [1.807, 2.05) is 18.2 Å². The standard InChI is InChI=1S/C20H22BrCl2N5O2/c1-3-4-9-28-20(25-26-27-28)24-11-14-15(21)6-8-18(29-2)19(14)30-12-13-5-7-16(22)17(23)10-13/h5-8,10H,3-4,9,11-12H2,1-2H3,(H,24,25,27). The van der Waals surface area contributed by atoms with Crippen molar-refractivity contribution in [3.63, 3.8) is 0 Å². The highest BCUT2D eigenvalue weighted by molar-refractivity contribution is 9.10. The molecule has 0 unspecified atom stereocenters. The van der Waals surface area contributed by atoms with Crippen LogP contribution < -0.4 is 14.8 Å². The minimum absolute atomic E-state index is 0.310. The van der Waals surface area contributed by atoms with Crippen LogP contribution in [0, 0.1) is 0 Å². The van der Waals surface area contributed by atoms with Crippen LogP contribution in [-0.4, -0.2) is 27.3 Å². The van der Waals surface area contributed by atoms with Crippen molar-refractivity contribution in [2.45, 2.75) is 39.5 Å². The average molecular weight is 515 g/mol. The lowest BCUT2D eigenvalue weighted by Crippen LogP contribution is -2.11. The first kappa shape index (κ1) is 22.7. The number of rotatable bonds is 10. The zero-order chi connectivity index (χ0) is 21.5. The normalized spacial score (nSPS) is 10.8. The molecule has 2 aromatic carbocycles. The quantitative estimate of drug-likeness (QED) is 0.371. The van der Waals surface area contributed by atoms with E-state index in [-0.39, 0.29) is 0 Å². The third-order valence-electron chi connectivity index (χ3n) is 4.43. The molecular weight excluding hydrogens is 493 g/mol. The van der Waals surface area contributed by atoms with E-state index in [1.54, 1.807) is 23.9 Å². The van der Waals surface area contributed by atoms with Crippen molar-refractivity contribution in [3.8, 4) is 11.5 Å². The molecule has 0 fully saturated rings. The Bertz CT molecular complexity index is 999. The molecule has 0 aliphatic carbocycles. The first-order valence-corrected chi connectivity index (χ1v) is 11.0. The van der Waals surface area contributed by atoms with Crippen LogP contribution in [0.15, 0.2) is 34.8 Å². The van der Waals surface area contributed by atoms with Crippen molar-refractivity contribution in [2.24, 2.45) is 0 Å². The summed E-state index contributed by atoms with van der Waals surface area (Å²) in [6, 6.07) is 9.18. The summed E-state index contributed by atoms with van der Waals surface area (Å²) in [4.78, 5) is 0. The zero-order valence-electron chi connectivity index (χ0n) is 16.7. The monoisotopic (exact) mass is 513 g/mol. The Balaban J connectivity index is 1.80. The summed E-state index contributed by atoms with van der Waals surface area (Å²) >= 11 is 15.7. The molecule has 1 N–H and O–H groups in total. The molecule has 0 amide bonds. The van der Waals surface area contributed by atoms with Gasteiger partial charge >= 0.3 is 0 Å². The summed E-state index contributed by atoms with van der Waals surface area (Å²) in [5, 5.41) is 16.2. The van der Waals surface area contributed by atoms with Crippen molar-refractivity contribution >= 4 is 45.1 Å². The highest BCUT2D eigenvalue weighted by Gasteiger charge is 2.16. The number of anilines is 1. The molecule has 1 heterocycles. The zero-order valence-corrected chi connectivity index (χ0v) is 19.8. The van der Waals surface area contributed by atoms with E-state index in [4.69, 9.17) is 32.7 Å². The van der Waals surface area contributed by atoms with Gasteiger partial charge in [0.2, 0.25) is 5.95 Å². The molecule has 0 radical (unpaired) electrons. The lowest BCUT2D eigenvalue weighted by Gasteiger charge is -2.17. The minimum Gasteiger partial charge on any atom is -0.493 e. The topological polar surface area (TPSA) is 74.1 Å². The number of nitrogens with one attached hydrogen (secondary N) is 1. The number of aryl methyl sites for hydroxylation is 1. The first-order valence-electron chi connectivity index (χ1n) is 9.45. The molecule has 30 heavy (non-hydrogen) atoms. The summed E-state index contributed by atoms with van der Waals surface area (Å²) in [5.41, 5.74) is 1.79. The molecule has 7 nitrogen and oxygen atoms in total. The number of benzene rings is 2. The van der Waals surface area contributed by atoms with Crippen LogP contribution in [0.5, 0.6) is 11.5 Å². The molecule has 0 saturated carbocycles. The van der Waals surface area contributed by atoms with Gasteiger partial charge in [-0.05, 0) is 46.7 Å². The van der Waals surface area contributed by atoms with Crippen molar-refractivity contribution < 1.29 is 9.47 Å². The smallest absolute Gasteiger partial charge is 0.243 e. The second-order valence-corrected chi connectivity index (χ2v) is 8.20. The molecule has 0 bridgehead atoms. The van der Waals surface area contributed by atoms with Crippen LogP contribution in [-0.2, 0) is 19.7 Å². The predicted octanol–water partition coefficient (Wildman–Crippen LogP) is 5.74. The molecule has 0 atom stereocenters. The number of hydrogen-bond donors (Lipinski definition) is 1. The summed E-state index contributed by atoms with van der Waals surface area (Å²) in [6.45, 7) is 3.64. The Morgan fingerprint density at radius 3 is 2.73 bits per heavy atom. The second kappa shape index (κ2) is 10.8. The van der Waals surface area contributed by atoms with E-state index >= 15 is 0 Å². The molecular formula is C20H22BrCl2N5O2. The molecule has 0 saturated heterocycles. The predicted molar refractivity (Wildman–Crippen MR) is 122 cm³/mol. The van der Waals surface area contributed by atoms with Crippen molar-refractivity contribution in [1.29, 1.82) is 0 Å². The van der Waals surface area contributed by atoms with Crippen LogP contribution in [0.4, 0.5) is 5.95 Å². The Morgan fingerprint density at radius 2 is 2.00 bits per heavy atom. The number of aromatic nitrogens is 4. The van der Waals surface area contributed by atoms with Gasteiger partial charge in [0, 0.05) is 23.1 Å². The second-order valence-electron chi connectivity index (χ2n) is 6.53. The van der Waals surface area contributed by atoms with Gasteiger partial charge in [0.1, 0.15) is 6.61 Å². The molecule has 10 heteroatoms. The minimum atomic E-state index is 0.310. The number of methoxy groups -OCH3 is 1. The van der Waals surface area contributed by atoms with Crippen LogP contribution in [0.2, 0.25) is 10.0 Å². The Kier molecular flexibility index (Phi) is 8.18. The van der Waals surface area contributed by atoms with Crippen LogP contribution in [0.25, 0.3) is 0 Å². The molecule has 1 aromatic heterocycles. The summed E-state index contributed by atoms with van der Waals surface area (Å²) in [7, 11) is 1.61. The number of ether oxygens (including phenoxy) is 2. The van der Waals surface area contributed by atoms with Gasteiger partial charge in [0.05, 0.1) is 17.2 Å². The largest absolute Gasteiger partial charge is 0.493 e. The Hall–Kier alpha value is -2.03. The number of halogens is 3. The third-order valence-corrected chi connectivity index (χ3v) is 5.91. The van der Waals surface area contributed by atoms with Gasteiger partial charge in [0.15, 0.2) is 11.5 Å². The molecule has 3 aromatic rings. The molecule has 0 aliphatic rings. The fraction of sp³-hybridized carbons (Fsp3) is 0.350.